The summed E-state index contributed by atoms with van der Waals surface area (Å²) in [4.78, 5) is 23.5. The van der Waals surface area contributed by atoms with E-state index >= 15 is 0 Å². The molecule has 0 radical (unpaired) electrons. The zero-order chi connectivity index (χ0) is 19.5. The summed E-state index contributed by atoms with van der Waals surface area (Å²) in [6.07, 6.45) is 4.20. The number of ether oxygens (including phenoxy) is 1. The number of benzene rings is 1. The van der Waals surface area contributed by atoms with Crippen molar-refractivity contribution in [2.75, 3.05) is 11.5 Å². The van der Waals surface area contributed by atoms with Crippen molar-refractivity contribution in [1.29, 1.82) is 0 Å². The van der Waals surface area contributed by atoms with Crippen molar-refractivity contribution >= 4 is 23.8 Å². The Hall–Kier alpha value is -1.77. The van der Waals surface area contributed by atoms with Crippen LogP contribution in [0.1, 0.15) is 37.7 Å². The normalized spacial score (nSPS) is 17.0. The van der Waals surface area contributed by atoms with Crippen LogP contribution in [0.3, 0.4) is 0 Å². The van der Waals surface area contributed by atoms with E-state index in [1.807, 2.05) is 30.3 Å². The monoisotopic (exact) mass is 395 g/mol. The molecule has 1 aromatic rings. The van der Waals surface area contributed by atoms with Crippen molar-refractivity contribution in [2.45, 2.75) is 50.9 Å². The van der Waals surface area contributed by atoms with Crippen LogP contribution in [0.15, 0.2) is 30.3 Å². The van der Waals surface area contributed by atoms with E-state index in [2.05, 4.69) is 10.9 Å². The standard InChI is InChI=1S/C19H29N3O4S/c20-16(13-27-12-15-9-5-2-6-10-15)17(23)18(24)21-22-19(25)26-11-14-7-3-1-4-8-14/h1,3-4,7-8,15-17,23H,2,5-6,9-13,20H2,(H,21,24)(H,22,25)/t16-,17?/m1/s1. The number of thioether (sulfide) groups is 1. The Kier molecular flexibility index (Phi) is 9.44. The zero-order valence-corrected chi connectivity index (χ0v) is 16.2. The number of aliphatic hydroxyl groups is 1. The Morgan fingerprint density at radius 1 is 1.19 bits per heavy atom. The van der Waals surface area contributed by atoms with Crippen LogP contribution >= 0.6 is 11.8 Å². The van der Waals surface area contributed by atoms with Gasteiger partial charge >= 0.3 is 6.09 Å². The van der Waals surface area contributed by atoms with Crippen LogP contribution in [0.5, 0.6) is 0 Å². The third-order valence-electron chi connectivity index (χ3n) is 4.56. The topological polar surface area (TPSA) is 114 Å². The van der Waals surface area contributed by atoms with Gasteiger partial charge < -0.3 is 15.6 Å². The molecular weight excluding hydrogens is 366 g/mol. The number of hydrogen-bond donors (Lipinski definition) is 4. The van der Waals surface area contributed by atoms with Gasteiger partial charge in [0.2, 0.25) is 0 Å². The predicted molar refractivity (Wildman–Crippen MR) is 106 cm³/mol. The lowest BCUT2D eigenvalue weighted by molar-refractivity contribution is -0.130. The Bertz CT molecular complexity index is 582. The molecule has 1 unspecified atom stereocenters. The summed E-state index contributed by atoms with van der Waals surface area (Å²) in [7, 11) is 0. The summed E-state index contributed by atoms with van der Waals surface area (Å²) in [6, 6.07) is 8.48. The van der Waals surface area contributed by atoms with Crippen LogP contribution in [0.2, 0.25) is 0 Å². The van der Waals surface area contributed by atoms with Gasteiger partial charge in [0.25, 0.3) is 5.91 Å². The van der Waals surface area contributed by atoms with Crippen molar-refractivity contribution < 1.29 is 19.4 Å². The first kappa shape index (κ1) is 21.5. The lowest BCUT2D eigenvalue weighted by Crippen LogP contribution is -2.52. The first-order chi connectivity index (χ1) is 13.1. The third kappa shape index (κ3) is 8.19. The van der Waals surface area contributed by atoms with Crippen molar-refractivity contribution in [3.05, 3.63) is 35.9 Å². The number of carbonyl (C=O) groups is 2. The lowest BCUT2D eigenvalue weighted by Gasteiger charge is -2.23. The number of hydrazine groups is 1. The van der Waals surface area contributed by atoms with Crippen LogP contribution in [0, 0.1) is 5.92 Å². The highest BCUT2D eigenvalue weighted by molar-refractivity contribution is 7.99. The van der Waals surface area contributed by atoms with Crippen molar-refractivity contribution in [2.24, 2.45) is 11.7 Å². The maximum Gasteiger partial charge on any atom is 0.426 e. The summed E-state index contributed by atoms with van der Waals surface area (Å²) in [5.74, 6) is 1.45. The second-order valence-electron chi connectivity index (χ2n) is 6.83. The van der Waals surface area contributed by atoms with E-state index in [0.29, 0.717) is 11.7 Å². The van der Waals surface area contributed by atoms with E-state index in [1.165, 1.54) is 32.1 Å². The molecule has 0 aliphatic heterocycles. The van der Waals surface area contributed by atoms with Gasteiger partial charge in [-0.2, -0.15) is 11.8 Å². The minimum atomic E-state index is -1.39. The fraction of sp³-hybridized carbons (Fsp3) is 0.579. The number of hydrogen-bond acceptors (Lipinski definition) is 6. The molecule has 7 nitrogen and oxygen atoms in total. The van der Waals surface area contributed by atoms with Gasteiger partial charge in [-0.3, -0.25) is 10.2 Å². The molecule has 5 N–H and O–H groups in total. The molecule has 1 aliphatic carbocycles. The van der Waals surface area contributed by atoms with E-state index < -0.39 is 24.1 Å². The second-order valence-corrected chi connectivity index (χ2v) is 7.90. The van der Waals surface area contributed by atoms with Gasteiger partial charge in [-0.15, -0.1) is 0 Å². The highest BCUT2D eigenvalue weighted by Gasteiger charge is 2.24. The predicted octanol–water partition coefficient (Wildman–Crippen LogP) is 1.95. The van der Waals surface area contributed by atoms with E-state index in [9.17, 15) is 14.7 Å². The molecule has 0 heterocycles. The average Bonchev–Trinajstić information content (AvgIpc) is 2.71. The zero-order valence-electron chi connectivity index (χ0n) is 15.4. The SMILES string of the molecule is N[C@H](CSCC1CCCCC1)C(O)C(=O)NNC(=O)OCc1ccccc1. The fourth-order valence-electron chi connectivity index (χ4n) is 2.96. The third-order valence-corrected chi connectivity index (χ3v) is 5.89. The van der Waals surface area contributed by atoms with Crippen LogP contribution < -0.4 is 16.6 Å². The molecule has 0 spiro atoms. The minimum Gasteiger partial charge on any atom is -0.443 e. The van der Waals surface area contributed by atoms with E-state index in [0.717, 1.165) is 11.3 Å². The molecule has 150 valence electrons. The van der Waals surface area contributed by atoms with Gasteiger partial charge in [-0.05, 0) is 30.1 Å². The molecule has 2 atom stereocenters. The van der Waals surface area contributed by atoms with E-state index in [1.54, 1.807) is 11.8 Å². The van der Waals surface area contributed by atoms with Gasteiger partial charge in [0.05, 0.1) is 0 Å². The molecule has 2 rings (SSSR count). The quantitative estimate of drug-likeness (QED) is 0.500. The highest BCUT2D eigenvalue weighted by Crippen LogP contribution is 2.26. The van der Waals surface area contributed by atoms with E-state index in [-0.39, 0.29) is 6.61 Å². The maximum atomic E-state index is 11.9. The van der Waals surface area contributed by atoms with Gasteiger partial charge in [0.1, 0.15) is 12.7 Å². The molecule has 27 heavy (non-hydrogen) atoms. The van der Waals surface area contributed by atoms with Gasteiger partial charge in [0.15, 0.2) is 0 Å². The number of nitrogens with two attached hydrogens (primary N) is 1. The Morgan fingerprint density at radius 3 is 2.59 bits per heavy atom. The average molecular weight is 396 g/mol. The number of rotatable bonds is 8. The molecule has 8 heteroatoms. The molecule has 2 amide bonds. The molecule has 1 saturated carbocycles. The fourth-order valence-corrected chi connectivity index (χ4v) is 4.21. The molecule has 1 fully saturated rings. The van der Waals surface area contributed by atoms with E-state index in [4.69, 9.17) is 10.5 Å². The van der Waals surface area contributed by atoms with Gasteiger partial charge in [0, 0.05) is 11.8 Å². The van der Waals surface area contributed by atoms with Crippen molar-refractivity contribution in [3.8, 4) is 0 Å². The smallest absolute Gasteiger partial charge is 0.426 e. The second kappa shape index (κ2) is 11.8. The number of nitrogens with one attached hydrogen (secondary N) is 2. The van der Waals surface area contributed by atoms with Crippen LogP contribution in [0.4, 0.5) is 4.79 Å². The van der Waals surface area contributed by atoms with Gasteiger partial charge in [-0.25, -0.2) is 10.2 Å². The molecule has 0 aromatic heterocycles. The Morgan fingerprint density at radius 2 is 1.89 bits per heavy atom. The first-order valence-corrected chi connectivity index (χ1v) is 10.5. The summed E-state index contributed by atoms with van der Waals surface area (Å²) < 4.78 is 4.97. The van der Waals surface area contributed by atoms with Crippen LogP contribution in [0.25, 0.3) is 0 Å². The Labute approximate surface area is 164 Å². The summed E-state index contributed by atoms with van der Waals surface area (Å²) >= 11 is 1.67. The van der Waals surface area contributed by atoms with Gasteiger partial charge in [-0.1, -0.05) is 49.6 Å². The number of amides is 2. The van der Waals surface area contributed by atoms with Crippen LogP contribution in [-0.2, 0) is 16.1 Å². The minimum absolute atomic E-state index is 0.0857. The molecule has 0 bridgehead atoms. The van der Waals surface area contributed by atoms with Crippen molar-refractivity contribution in [3.63, 3.8) is 0 Å². The maximum absolute atomic E-state index is 11.9. The highest BCUT2D eigenvalue weighted by atomic mass is 32.2. The van der Waals surface area contributed by atoms with Crippen LogP contribution in [-0.4, -0.2) is 40.8 Å². The molecule has 1 aromatic carbocycles. The summed E-state index contributed by atoms with van der Waals surface area (Å²) in [5.41, 5.74) is 11.0. The lowest BCUT2D eigenvalue weighted by atomic mass is 9.91. The summed E-state index contributed by atoms with van der Waals surface area (Å²) in [5, 5.41) is 10.0. The number of aliphatic hydroxyl groups excluding tert-OH is 1. The van der Waals surface area contributed by atoms with Crippen molar-refractivity contribution in [1.82, 2.24) is 10.9 Å². The molecule has 1 aliphatic rings. The molecular formula is C19H29N3O4S. The first-order valence-electron chi connectivity index (χ1n) is 9.34. The molecule has 0 saturated heterocycles. The number of carbonyl (C=O) groups excluding carboxylic acids is 2. The Balaban J connectivity index is 1.59. The largest absolute Gasteiger partial charge is 0.443 e. The summed E-state index contributed by atoms with van der Waals surface area (Å²) in [6.45, 7) is 0.0857.